The van der Waals surface area contributed by atoms with Crippen LogP contribution in [0.15, 0.2) is 42.2 Å². The molecule has 3 rings (SSSR count). The van der Waals surface area contributed by atoms with E-state index < -0.39 is 17.7 Å². The molecule has 33 heavy (non-hydrogen) atoms. The maximum Gasteiger partial charge on any atom is 0.295 e. The Morgan fingerprint density at radius 3 is 2.21 bits per heavy atom. The second kappa shape index (κ2) is 10.4. The summed E-state index contributed by atoms with van der Waals surface area (Å²) in [4.78, 5) is 33.7. The number of methoxy groups -OCH3 is 3. The zero-order valence-corrected chi connectivity index (χ0v) is 19.5. The third-order valence-electron chi connectivity index (χ3n) is 5.53. The second-order valence-corrected chi connectivity index (χ2v) is 7.83. The number of rotatable bonds is 9. The Kier molecular flexibility index (Phi) is 7.55. The molecule has 2 heterocycles. The van der Waals surface area contributed by atoms with Crippen LogP contribution >= 0.6 is 0 Å². The molecule has 1 amide bonds. The SMILES string of the molecule is COc1cc(OC)c(C2/C(=C(/O)c3ccncc3)C(=O)C(=O)N2CCCN(C)C)cc1OC. The first-order chi connectivity index (χ1) is 15.8. The number of likely N-dealkylation sites (tertiary alicyclic amines) is 1. The minimum atomic E-state index is -0.866. The minimum Gasteiger partial charge on any atom is -0.507 e. The van der Waals surface area contributed by atoms with Gasteiger partial charge in [-0.2, -0.15) is 0 Å². The number of carbonyl (C=O) groups excluding carboxylic acids is 2. The predicted molar refractivity (Wildman–Crippen MR) is 123 cm³/mol. The number of aliphatic hydroxyl groups is 1. The van der Waals surface area contributed by atoms with Gasteiger partial charge in [0.25, 0.3) is 11.7 Å². The fourth-order valence-corrected chi connectivity index (χ4v) is 3.92. The van der Waals surface area contributed by atoms with Crippen LogP contribution in [0.25, 0.3) is 5.76 Å². The van der Waals surface area contributed by atoms with E-state index in [0.29, 0.717) is 41.3 Å². The molecule has 0 aliphatic carbocycles. The van der Waals surface area contributed by atoms with E-state index in [1.165, 1.54) is 38.6 Å². The average Bonchev–Trinajstić information content (AvgIpc) is 3.07. The van der Waals surface area contributed by atoms with Crippen molar-refractivity contribution >= 4 is 17.4 Å². The van der Waals surface area contributed by atoms with Crippen LogP contribution in [-0.4, -0.2) is 80.1 Å². The van der Waals surface area contributed by atoms with E-state index in [0.717, 1.165) is 6.54 Å². The quantitative estimate of drug-likeness (QED) is 0.350. The Balaban J connectivity index is 2.22. The maximum atomic E-state index is 13.2. The number of Topliss-reactive ketones (excluding diaryl/α,β-unsaturated/α-hetero) is 1. The highest BCUT2D eigenvalue weighted by Crippen LogP contribution is 2.46. The van der Waals surface area contributed by atoms with E-state index in [4.69, 9.17) is 14.2 Å². The van der Waals surface area contributed by atoms with Gasteiger partial charge in [-0.25, -0.2) is 0 Å². The molecule has 0 radical (unpaired) electrons. The number of hydrogen-bond donors (Lipinski definition) is 1. The second-order valence-electron chi connectivity index (χ2n) is 7.83. The van der Waals surface area contributed by atoms with E-state index in [2.05, 4.69) is 4.98 Å². The Bertz CT molecular complexity index is 1050. The van der Waals surface area contributed by atoms with Gasteiger partial charge < -0.3 is 29.1 Å². The molecule has 1 fully saturated rings. The van der Waals surface area contributed by atoms with Gasteiger partial charge in [-0.05, 0) is 45.3 Å². The molecular formula is C24H29N3O6. The van der Waals surface area contributed by atoms with Crippen molar-refractivity contribution in [2.75, 3.05) is 48.5 Å². The summed E-state index contributed by atoms with van der Waals surface area (Å²) in [6, 6.07) is 5.61. The Morgan fingerprint density at radius 2 is 1.64 bits per heavy atom. The molecule has 0 bridgehead atoms. The molecule has 0 spiro atoms. The van der Waals surface area contributed by atoms with Crippen molar-refractivity contribution in [1.29, 1.82) is 0 Å². The molecule has 1 aromatic heterocycles. The van der Waals surface area contributed by atoms with Crippen LogP contribution in [0.5, 0.6) is 17.2 Å². The highest BCUT2D eigenvalue weighted by Gasteiger charge is 2.47. The largest absolute Gasteiger partial charge is 0.507 e. The summed E-state index contributed by atoms with van der Waals surface area (Å²) < 4.78 is 16.4. The lowest BCUT2D eigenvalue weighted by atomic mass is 9.94. The number of ketones is 1. The lowest BCUT2D eigenvalue weighted by molar-refractivity contribution is -0.140. The van der Waals surface area contributed by atoms with E-state index in [-0.39, 0.29) is 11.3 Å². The molecule has 9 nitrogen and oxygen atoms in total. The lowest BCUT2D eigenvalue weighted by Crippen LogP contribution is -2.32. The molecule has 1 atom stereocenters. The third-order valence-corrected chi connectivity index (χ3v) is 5.53. The van der Waals surface area contributed by atoms with E-state index >= 15 is 0 Å². The van der Waals surface area contributed by atoms with Gasteiger partial charge in [-0.3, -0.25) is 14.6 Å². The average molecular weight is 456 g/mol. The van der Waals surface area contributed by atoms with Crippen LogP contribution in [0, 0.1) is 0 Å². The highest BCUT2D eigenvalue weighted by atomic mass is 16.5. The van der Waals surface area contributed by atoms with Gasteiger partial charge in [0.1, 0.15) is 11.5 Å². The van der Waals surface area contributed by atoms with E-state index in [1.807, 2.05) is 19.0 Å². The van der Waals surface area contributed by atoms with Crippen molar-refractivity contribution in [1.82, 2.24) is 14.8 Å². The molecule has 9 heteroatoms. The number of aromatic nitrogens is 1. The smallest absolute Gasteiger partial charge is 0.295 e. The van der Waals surface area contributed by atoms with Gasteiger partial charge in [0.2, 0.25) is 0 Å². The molecule has 2 aromatic rings. The lowest BCUT2D eigenvalue weighted by Gasteiger charge is -2.27. The van der Waals surface area contributed by atoms with Crippen LogP contribution in [0.2, 0.25) is 0 Å². The number of benzene rings is 1. The van der Waals surface area contributed by atoms with Gasteiger partial charge in [0.05, 0.1) is 32.9 Å². The fraction of sp³-hybridized carbons (Fsp3) is 0.375. The summed E-state index contributed by atoms with van der Waals surface area (Å²) in [6.45, 7) is 1.04. The monoisotopic (exact) mass is 455 g/mol. The molecule has 0 saturated carbocycles. The van der Waals surface area contributed by atoms with Crippen LogP contribution in [-0.2, 0) is 9.59 Å². The molecule has 1 aliphatic rings. The van der Waals surface area contributed by atoms with Gasteiger partial charge in [0, 0.05) is 36.1 Å². The van der Waals surface area contributed by atoms with Crippen LogP contribution in [0.3, 0.4) is 0 Å². The highest BCUT2D eigenvalue weighted by molar-refractivity contribution is 6.46. The molecule has 1 unspecified atom stereocenters. The first-order valence-electron chi connectivity index (χ1n) is 10.5. The number of aliphatic hydroxyl groups excluding tert-OH is 1. The van der Waals surface area contributed by atoms with Crippen molar-refractivity contribution in [2.24, 2.45) is 0 Å². The van der Waals surface area contributed by atoms with Crippen LogP contribution < -0.4 is 14.2 Å². The number of ether oxygens (including phenoxy) is 3. The number of pyridine rings is 1. The Hall–Kier alpha value is -3.59. The number of carbonyl (C=O) groups is 2. The van der Waals surface area contributed by atoms with Crippen molar-refractivity contribution in [2.45, 2.75) is 12.5 Å². The van der Waals surface area contributed by atoms with Gasteiger partial charge in [0.15, 0.2) is 11.5 Å². The van der Waals surface area contributed by atoms with E-state index in [9.17, 15) is 14.7 Å². The molecule has 1 N–H and O–H groups in total. The van der Waals surface area contributed by atoms with Crippen LogP contribution in [0.1, 0.15) is 23.6 Å². The zero-order chi connectivity index (χ0) is 24.1. The Labute approximate surface area is 193 Å². The number of hydrogen-bond acceptors (Lipinski definition) is 8. The van der Waals surface area contributed by atoms with E-state index in [1.54, 1.807) is 24.3 Å². The van der Waals surface area contributed by atoms with Crippen molar-refractivity contribution in [3.8, 4) is 17.2 Å². The van der Waals surface area contributed by atoms with Crippen molar-refractivity contribution in [3.63, 3.8) is 0 Å². The van der Waals surface area contributed by atoms with Gasteiger partial charge >= 0.3 is 0 Å². The summed E-state index contributed by atoms with van der Waals surface area (Å²) >= 11 is 0. The zero-order valence-electron chi connectivity index (χ0n) is 19.5. The van der Waals surface area contributed by atoms with Gasteiger partial charge in [-0.15, -0.1) is 0 Å². The normalized spacial score (nSPS) is 17.5. The Morgan fingerprint density at radius 1 is 1.03 bits per heavy atom. The fourth-order valence-electron chi connectivity index (χ4n) is 3.92. The summed E-state index contributed by atoms with van der Waals surface area (Å²) in [5.41, 5.74) is 0.886. The van der Waals surface area contributed by atoms with Crippen molar-refractivity contribution < 1.29 is 28.9 Å². The molecule has 1 aliphatic heterocycles. The minimum absolute atomic E-state index is 0.0124. The molecule has 1 saturated heterocycles. The number of amides is 1. The summed E-state index contributed by atoms with van der Waals surface area (Å²) in [7, 11) is 8.37. The first-order valence-corrected chi connectivity index (χ1v) is 10.5. The van der Waals surface area contributed by atoms with Gasteiger partial charge in [-0.1, -0.05) is 0 Å². The number of nitrogens with zero attached hydrogens (tertiary/aromatic N) is 3. The standard InChI is InChI=1S/C24H29N3O6/c1-26(2)11-6-12-27-21(16-13-18(32-4)19(33-5)14-17(16)31-3)20(23(29)24(27)30)22(28)15-7-9-25-10-8-15/h7-10,13-14,21,28H,6,11-12H2,1-5H3/b22-20-. The summed E-state index contributed by atoms with van der Waals surface area (Å²) in [6.07, 6.45) is 3.66. The topological polar surface area (TPSA) is 101 Å². The van der Waals surface area contributed by atoms with Crippen LogP contribution in [0.4, 0.5) is 0 Å². The maximum absolute atomic E-state index is 13.2. The first kappa shape index (κ1) is 24.1. The third kappa shape index (κ3) is 4.78. The summed E-state index contributed by atoms with van der Waals surface area (Å²) in [5, 5.41) is 11.1. The molecule has 1 aromatic carbocycles. The molecular weight excluding hydrogens is 426 g/mol. The van der Waals surface area contributed by atoms with Crippen molar-refractivity contribution in [3.05, 3.63) is 53.4 Å². The summed E-state index contributed by atoms with van der Waals surface area (Å²) in [5.74, 6) is -0.444. The predicted octanol–water partition coefficient (Wildman–Crippen LogP) is 2.48. The molecule has 176 valence electrons.